The summed E-state index contributed by atoms with van der Waals surface area (Å²) in [5, 5.41) is 0. The first-order valence-corrected chi connectivity index (χ1v) is 6.63. The summed E-state index contributed by atoms with van der Waals surface area (Å²) < 4.78 is 5.23. The first-order chi connectivity index (χ1) is 7.72. The Morgan fingerprint density at radius 2 is 1.94 bits per heavy atom. The van der Waals surface area contributed by atoms with E-state index in [1.807, 2.05) is 0 Å². The minimum atomic E-state index is 0.383. The van der Waals surface area contributed by atoms with E-state index in [0.717, 1.165) is 12.5 Å². The molecule has 0 heterocycles. The van der Waals surface area contributed by atoms with E-state index in [2.05, 4.69) is 18.9 Å². The molecule has 1 aliphatic rings. The number of ether oxygens (including phenoxy) is 1. The topological polar surface area (TPSA) is 38.5 Å². The van der Waals surface area contributed by atoms with Crippen molar-refractivity contribution in [2.45, 2.75) is 51.1 Å². The summed E-state index contributed by atoms with van der Waals surface area (Å²) >= 11 is 0. The molecule has 1 fully saturated rings. The van der Waals surface area contributed by atoms with Gasteiger partial charge in [0, 0.05) is 25.7 Å². The van der Waals surface area contributed by atoms with Crippen molar-refractivity contribution in [3.63, 3.8) is 0 Å². The number of likely N-dealkylation sites (N-methyl/N-ethyl adjacent to an activating group) is 1. The van der Waals surface area contributed by atoms with Crippen LogP contribution >= 0.6 is 0 Å². The highest BCUT2D eigenvalue weighted by Gasteiger charge is 2.26. The van der Waals surface area contributed by atoms with Crippen LogP contribution in [0.4, 0.5) is 0 Å². The quantitative estimate of drug-likeness (QED) is 0.754. The molecule has 1 unspecified atom stereocenters. The summed E-state index contributed by atoms with van der Waals surface area (Å²) in [5.41, 5.74) is 5.80. The van der Waals surface area contributed by atoms with Gasteiger partial charge in [0.1, 0.15) is 0 Å². The molecule has 0 amide bonds. The molecule has 1 atom stereocenters. The third-order valence-corrected chi connectivity index (χ3v) is 4.18. The average Bonchev–Trinajstić information content (AvgIpc) is 2.35. The molecular formula is C13H28N2O. The van der Waals surface area contributed by atoms with E-state index in [9.17, 15) is 0 Å². The zero-order chi connectivity index (χ0) is 12.0. The average molecular weight is 228 g/mol. The van der Waals surface area contributed by atoms with Gasteiger partial charge in [0.2, 0.25) is 0 Å². The first-order valence-electron chi connectivity index (χ1n) is 6.63. The van der Waals surface area contributed by atoms with Gasteiger partial charge in [-0.05, 0) is 38.6 Å². The van der Waals surface area contributed by atoms with E-state index in [-0.39, 0.29) is 0 Å². The number of rotatable bonds is 6. The molecule has 0 spiro atoms. The maximum absolute atomic E-state index is 5.80. The fourth-order valence-electron chi connectivity index (χ4n) is 2.80. The highest BCUT2D eigenvalue weighted by molar-refractivity contribution is 4.82. The van der Waals surface area contributed by atoms with Gasteiger partial charge in [-0.2, -0.15) is 0 Å². The molecule has 0 bridgehead atoms. The zero-order valence-corrected chi connectivity index (χ0v) is 11.1. The van der Waals surface area contributed by atoms with Crippen molar-refractivity contribution in [2.75, 3.05) is 27.3 Å². The van der Waals surface area contributed by atoms with Crippen LogP contribution in [-0.2, 0) is 4.74 Å². The van der Waals surface area contributed by atoms with Gasteiger partial charge in [-0.25, -0.2) is 0 Å². The van der Waals surface area contributed by atoms with Gasteiger partial charge in [0.05, 0.1) is 6.61 Å². The molecule has 1 saturated carbocycles. The van der Waals surface area contributed by atoms with E-state index in [1.54, 1.807) is 7.11 Å². The monoisotopic (exact) mass is 228 g/mol. The third-order valence-electron chi connectivity index (χ3n) is 4.18. The number of methoxy groups -OCH3 is 1. The number of nitrogens with two attached hydrogens (primary N) is 1. The van der Waals surface area contributed by atoms with E-state index in [1.165, 1.54) is 32.1 Å². The second-order valence-corrected chi connectivity index (χ2v) is 5.09. The van der Waals surface area contributed by atoms with Crippen LogP contribution in [0.25, 0.3) is 0 Å². The predicted octanol–water partition coefficient (Wildman–Crippen LogP) is 1.86. The van der Waals surface area contributed by atoms with Crippen LogP contribution in [0.3, 0.4) is 0 Å². The standard InChI is InChI=1S/C13H28N2O/c1-4-11-5-7-12(8-6-11)15(2)13(9-14)10-16-3/h11-13H,4-10,14H2,1-3H3. The van der Waals surface area contributed by atoms with Crippen LogP contribution in [-0.4, -0.2) is 44.3 Å². The summed E-state index contributed by atoms with van der Waals surface area (Å²) in [7, 11) is 3.96. The molecule has 0 radical (unpaired) electrons. The van der Waals surface area contributed by atoms with Gasteiger partial charge < -0.3 is 10.5 Å². The summed E-state index contributed by atoms with van der Waals surface area (Å²) in [6.45, 7) is 3.75. The molecule has 0 aromatic carbocycles. The SMILES string of the molecule is CCC1CCC(N(C)C(CN)COC)CC1. The summed E-state index contributed by atoms with van der Waals surface area (Å²) in [4.78, 5) is 2.44. The van der Waals surface area contributed by atoms with Crippen molar-refractivity contribution in [1.82, 2.24) is 4.90 Å². The lowest BCUT2D eigenvalue weighted by molar-refractivity contribution is 0.0637. The minimum Gasteiger partial charge on any atom is -0.383 e. The van der Waals surface area contributed by atoms with Gasteiger partial charge in [-0.1, -0.05) is 13.3 Å². The van der Waals surface area contributed by atoms with Crippen LogP contribution in [0.2, 0.25) is 0 Å². The summed E-state index contributed by atoms with van der Waals surface area (Å²) in [6, 6.07) is 1.10. The lowest BCUT2D eigenvalue weighted by atomic mass is 9.83. The molecule has 16 heavy (non-hydrogen) atoms. The fraction of sp³-hybridized carbons (Fsp3) is 1.00. The maximum atomic E-state index is 5.80. The second kappa shape index (κ2) is 7.25. The lowest BCUT2D eigenvalue weighted by Gasteiger charge is -2.38. The van der Waals surface area contributed by atoms with Crippen LogP contribution in [0.5, 0.6) is 0 Å². The Hall–Kier alpha value is -0.120. The first kappa shape index (κ1) is 13.9. The Bertz CT molecular complexity index is 179. The van der Waals surface area contributed by atoms with Crippen LogP contribution < -0.4 is 5.73 Å². The normalized spacial score (nSPS) is 28.3. The van der Waals surface area contributed by atoms with Gasteiger partial charge in [0.15, 0.2) is 0 Å². The zero-order valence-electron chi connectivity index (χ0n) is 11.1. The fourth-order valence-corrected chi connectivity index (χ4v) is 2.80. The number of hydrogen-bond donors (Lipinski definition) is 1. The molecule has 0 aromatic heterocycles. The molecule has 96 valence electrons. The predicted molar refractivity (Wildman–Crippen MR) is 68.5 cm³/mol. The molecule has 1 aliphatic carbocycles. The lowest BCUT2D eigenvalue weighted by Crippen LogP contribution is -2.47. The van der Waals surface area contributed by atoms with Crippen molar-refractivity contribution in [3.8, 4) is 0 Å². The van der Waals surface area contributed by atoms with E-state index in [4.69, 9.17) is 10.5 Å². The minimum absolute atomic E-state index is 0.383. The highest BCUT2D eigenvalue weighted by Crippen LogP contribution is 2.29. The van der Waals surface area contributed by atoms with Crippen LogP contribution in [0.1, 0.15) is 39.0 Å². The van der Waals surface area contributed by atoms with Crippen molar-refractivity contribution >= 4 is 0 Å². The van der Waals surface area contributed by atoms with Crippen molar-refractivity contribution in [1.29, 1.82) is 0 Å². The van der Waals surface area contributed by atoms with Crippen LogP contribution in [0.15, 0.2) is 0 Å². The maximum Gasteiger partial charge on any atom is 0.0630 e. The van der Waals surface area contributed by atoms with Crippen LogP contribution in [0, 0.1) is 5.92 Å². The molecule has 0 saturated heterocycles. The molecule has 2 N–H and O–H groups in total. The Labute approximate surface area is 100 Å². The summed E-state index contributed by atoms with van der Waals surface area (Å²) in [5.74, 6) is 0.961. The van der Waals surface area contributed by atoms with Gasteiger partial charge in [-0.15, -0.1) is 0 Å². The summed E-state index contributed by atoms with van der Waals surface area (Å²) in [6.07, 6.45) is 6.77. The van der Waals surface area contributed by atoms with Gasteiger partial charge in [-0.3, -0.25) is 4.90 Å². The smallest absolute Gasteiger partial charge is 0.0630 e. The molecule has 3 heteroatoms. The molecule has 1 rings (SSSR count). The van der Waals surface area contributed by atoms with Crippen molar-refractivity contribution in [2.24, 2.45) is 11.7 Å². The molecular weight excluding hydrogens is 200 g/mol. The van der Waals surface area contributed by atoms with E-state index >= 15 is 0 Å². The van der Waals surface area contributed by atoms with Gasteiger partial charge >= 0.3 is 0 Å². The second-order valence-electron chi connectivity index (χ2n) is 5.09. The molecule has 0 aliphatic heterocycles. The third kappa shape index (κ3) is 3.72. The van der Waals surface area contributed by atoms with Crippen molar-refractivity contribution in [3.05, 3.63) is 0 Å². The number of hydrogen-bond acceptors (Lipinski definition) is 3. The van der Waals surface area contributed by atoms with Gasteiger partial charge in [0.25, 0.3) is 0 Å². The Morgan fingerprint density at radius 3 is 2.38 bits per heavy atom. The largest absolute Gasteiger partial charge is 0.383 e. The Kier molecular flexibility index (Phi) is 6.32. The van der Waals surface area contributed by atoms with E-state index < -0.39 is 0 Å². The Morgan fingerprint density at radius 1 is 1.31 bits per heavy atom. The van der Waals surface area contributed by atoms with E-state index in [0.29, 0.717) is 18.6 Å². The van der Waals surface area contributed by atoms with Crippen molar-refractivity contribution < 1.29 is 4.74 Å². The molecule has 3 nitrogen and oxygen atoms in total. The Balaban J connectivity index is 2.39. The highest BCUT2D eigenvalue weighted by atomic mass is 16.5. The molecule has 0 aromatic rings. The number of nitrogens with zero attached hydrogens (tertiary/aromatic N) is 1.